The van der Waals surface area contributed by atoms with Crippen LogP contribution in [0.25, 0.3) is 11.3 Å². The summed E-state index contributed by atoms with van der Waals surface area (Å²) in [6.07, 6.45) is 1.59. The highest BCUT2D eigenvalue weighted by molar-refractivity contribution is 6.04. The molecule has 3 rings (SSSR count). The first-order chi connectivity index (χ1) is 12.9. The largest absolute Gasteiger partial charge is 0.497 e. The van der Waals surface area contributed by atoms with Gasteiger partial charge in [0.05, 0.1) is 18.4 Å². The molecule has 138 valence electrons. The molecule has 1 amide bonds. The van der Waals surface area contributed by atoms with E-state index in [2.05, 4.69) is 31.1 Å². The molecule has 1 N–H and O–H groups in total. The van der Waals surface area contributed by atoms with Gasteiger partial charge >= 0.3 is 0 Å². The van der Waals surface area contributed by atoms with E-state index >= 15 is 0 Å². The van der Waals surface area contributed by atoms with E-state index in [1.165, 1.54) is 5.56 Å². The van der Waals surface area contributed by atoms with Crippen LogP contribution in [-0.2, 0) is 5.41 Å². The normalized spacial score (nSPS) is 11.1. The number of amides is 1. The molecule has 0 spiro atoms. The summed E-state index contributed by atoms with van der Waals surface area (Å²) in [4.78, 5) is 16.9. The highest BCUT2D eigenvalue weighted by atomic mass is 16.5. The Morgan fingerprint density at radius 1 is 1.00 bits per heavy atom. The van der Waals surface area contributed by atoms with Crippen LogP contribution in [-0.4, -0.2) is 18.0 Å². The fourth-order valence-electron chi connectivity index (χ4n) is 2.74. The first-order valence-electron chi connectivity index (χ1n) is 8.89. The maximum Gasteiger partial charge on any atom is 0.257 e. The van der Waals surface area contributed by atoms with Crippen LogP contribution in [0.1, 0.15) is 36.7 Å². The van der Waals surface area contributed by atoms with Crippen LogP contribution in [0.15, 0.2) is 66.9 Å². The zero-order valence-corrected chi connectivity index (χ0v) is 16.1. The van der Waals surface area contributed by atoms with Gasteiger partial charge in [-0.25, -0.2) is 0 Å². The number of benzene rings is 2. The van der Waals surface area contributed by atoms with Gasteiger partial charge in [-0.3, -0.25) is 9.78 Å². The predicted octanol–water partition coefficient (Wildman–Crippen LogP) is 5.31. The molecule has 1 aromatic heterocycles. The van der Waals surface area contributed by atoms with Crippen molar-refractivity contribution in [2.45, 2.75) is 26.2 Å². The summed E-state index contributed by atoms with van der Waals surface area (Å²) in [6.45, 7) is 6.49. The zero-order chi connectivity index (χ0) is 19.4. The van der Waals surface area contributed by atoms with Crippen molar-refractivity contribution in [3.8, 4) is 17.0 Å². The lowest BCUT2D eigenvalue weighted by molar-refractivity contribution is 0.102. The quantitative estimate of drug-likeness (QED) is 0.686. The van der Waals surface area contributed by atoms with Crippen LogP contribution < -0.4 is 10.1 Å². The fourth-order valence-corrected chi connectivity index (χ4v) is 2.74. The van der Waals surface area contributed by atoms with Crippen LogP contribution in [0.4, 0.5) is 5.69 Å². The molecule has 0 aliphatic carbocycles. The Morgan fingerprint density at radius 2 is 1.74 bits per heavy atom. The van der Waals surface area contributed by atoms with Gasteiger partial charge in [0, 0.05) is 17.4 Å². The summed E-state index contributed by atoms with van der Waals surface area (Å²) >= 11 is 0. The summed E-state index contributed by atoms with van der Waals surface area (Å²) in [5.74, 6) is 0.595. The number of anilines is 1. The minimum absolute atomic E-state index is 0.0857. The van der Waals surface area contributed by atoms with E-state index in [-0.39, 0.29) is 11.3 Å². The number of ether oxygens (including phenoxy) is 1. The number of aromatic nitrogens is 1. The van der Waals surface area contributed by atoms with Gasteiger partial charge in [0.15, 0.2) is 0 Å². The van der Waals surface area contributed by atoms with Crippen molar-refractivity contribution in [1.82, 2.24) is 4.98 Å². The molecule has 0 saturated carbocycles. The lowest BCUT2D eigenvalue weighted by Gasteiger charge is -2.19. The Kier molecular flexibility index (Phi) is 5.26. The molecule has 0 fully saturated rings. The number of methoxy groups -OCH3 is 1. The number of nitrogens with one attached hydrogen (secondary N) is 1. The van der Waals surface area contributed by atoms with Crippen molar-refractivity contribution in [3.63, 3.8) is 0 Å². The van der Waals surface area contributed by atoms with Gasteiger partial charge in [0.25, 0.3) is 5.91 Å². The van der Waals surface area contributed by atoms with Gasteiger partial charge in [0.1, 0.15) is 5.75 Å². The second kappa shape index (κ2) is 7.62. The molecular formula is C23H24N2O2. The Bertz CT molecular complexity index is 924. The van der Waals surface area contributed by atoms with E-state index in [0.717, 1.165) is 22.7 Å². The Labute approximate surface area is 160 Å². The molecule has 1 heterocycles. The van der Waals surface area contributed by atoms with Gasteiger partial charge in [-0.05, 0) is 47.4 Å². The van der Waals surface area contributed by atoms with Gasteiger partial charge < -0.3 is 10.1 Å². The third-order valence-electron chi connectivity index (χ3n) is 4.40. The smallest absolute Gasteiger partial charge is 0.257 e. The van der Waals surface area contributed by atoms with E-state index in [0.29, 0.717) is 5.56 Å². The molecule has 4 heteroatoms. The predicted molar refractivity (Wildman–Crippen MR) is 109 cm³/mol. The Hall–Kier alpha value is -3.14. The van der Waals surface area contributed by atoms with Crippen molar-refractivity contribution in [1.29, 1.82) is 0 Å². The third kappa shape index (κ3) is 4.53. The van der Waals surface area contributed by atoms with Crippen molar-refractivity contribution >= 4 is 11.6 Å². The summed E-state index contributed by atoms with van der Waals surface area (Å²) in [7, 11) is 1.63. The van der Waals surface area contributed by atoms with Crippen molar-refractivity contribution in [2.75, 3.05) is 12.4 Å². The molecule has 0 unspecified atom stereocenters. The van der Waals surface area contributed by atoms with Crippen LogP contribution in [0.2, 0.25) is 0 Å². The fraction of sp³-hybridized carbons (Fsp3) is 0.217. The molecule has 0 saturated heterocycles. The van der Waals surface area contributed by atoms with Crippen molar-refractivity contribution < 1.29 is 9.53 Å². The molecule has 2 aromatic carbocycles. The standard InChI is InChI=1S/C23H24N2O2/c1-23(2,3)18-9-11-19(12-10-18)25-22(26)17-8-13-21(24-15-17)16-6-5-7-20(14-16)27-4/h5-15H,1-4H3,(H,25,26). The highest BCUT2D eigenvalue weighted by Gasteiger charge is 2.13. The number of rotatable bonds is 4. The molecule has 0 aliphatic heterocycles. The number of carbonyl (C=O) groups is 1. The zero-order valence-electron chi connectivity index (χ0n) is 16.1. The third-order valence-corrected chi connectivity index (χ3v) is 4.40. The number of carbonyl (C=O) groups excluding carboxylic acids is 1. The first-order valence-corrected chi connectivity index (χ1v) is 8.89. The molecule has 4 nitrogen and oxygen atoms in total. The van der Waals surface area contributed by atoms with E-state index in [1.807, 2.05) is 54.6 Å². The molecule has 27 heavy (non-hydrogen) atoms. The van der Waals surface area contributed by atoms with Crippen LogP contribution in [0, 0.1) is 0 Å². The SMILES string of the molecule is COc1cccc(-c2ccc(C(=O)Nc3ccc(C(C)(C)C)cc3)cn2)c1. The average molecular weight is 360 g/mol. The molecule has 0 radical (unpaired) electrons. The van der Waals surface area contributed by atoms with Gasteiger partial charge in [-0.1, -0.05) is 45.0 Å². The summed E-state index contributed by atoms with van der Waals surface area (Å²) in [5.41, 5.74) is 4.33. The maximum absolute atomic E-state index is 12.5. The lowest BCUT2D eigenvalue weighted by atomic mass is 9.87. The highest BCUT2D eigenvalue weighted by Crippen LogP contribution is 2.24. The van der Waals surface area contributed by atoms with Gasteiger partial charge in [-0.15, -0.1) is 0 Å². The summed E-state index contributed by atoms with van der Waals surface area (Å²) in [5, 5.41) is 2.92. The van der Waals surface area contributed by atoms with E-state index < -0.39 is 0 Å². The number of pyridine rings is 1. The van der Waals surface area contributed by atoms with Crippen LogP contribution >= 0.6 is 0 Å². The number of hydrogen-bond donors (Lipinski definition) is 1. The summed E-state index contributed by atoms with van der Waals surface area (Å²) in [6, 6.07) is 19.2. The molecular weight excluding hydrogens is 336 g/mol. The maximum atomic E-state index is 12.5. The monoisotopic (exact) mass is 360 g/mol. The van der Waals surface area contributed by atoms with Crippen molar-refractivity contribution in [2.24, 2.45) is 0 Å². The summed E-state index contributed by atoms with van der Waals surface area (Å²) < 4.78 is 5.24. The van der Waals surface area contributed by atoms with E-state index in [9.17, 15) is 4.79 Å². The van der Waals surface area contributed by atoms with E-state index in [1.54, 1.807) is 19.4 Å². The second-order valence-corrected chi connectivity index (χ2v) is 7.45. The van der Waals surface area contributed by atoms with E-state index in [4.69, 9.17) is 4.74 Å². The van der Waals surface area contributed by atoms with Gasteiger partial charge in [-0.2, -0.15) is 0 Å². The molecule has 0 aliphatic rings. The van der Waals surface area contributed by atoms with Crippen LogP contribution in [0.3, 0.4) is 0 Å². The minimum Gasteiger partial charge on any atom is -0.497 e. The molecule has 3 aromatic rings. The van der Waals surface area contributed by atoms with Crippen molar-refractivity contribution in [3.05, 3.63) is 78.0 Å². The average Bonchev–Trinajstić information content (AvgIpc) is 2.68. The number of nitrogens with zero attached hydrogens (tertiary/aromatic N) is 1. The number of hydrogen-bond acceptors (Lipinski definition) is 3. The van der Waals surface area contributed by atoms with Crippen LogP contribution in [0.5, 0.6) is 5.75 Å². The Balaban J connectivity index is 1.72. The second-order valence-electron chi connectivity index (χ2n) is 7.45. The molecule has 0 bridgehead atoms. The van der Waals surface area contributed by atoms with Gasteiger partial charge in [0.2, 0.25) is 0 Å². The lowest BCUT2D eigenvalue weighted by Crippen LogP contribution is -2.13. The minimum atomic E-state index is -0.178. The Morgan fingerprint density at radius 3 is 2.33 bits per heavy atom. The topological polar surface area (TPSA) is 51.2 Å². The first kappa shape index (κ1) is 18.6. The molecule has 0 atom stereocenters.